The van der Waals surface area contributed by atoms with Gasteiger partial charge in [-0.1, -0.05) is 36.4 Å². The van der Waals surface area contributed by atoms with Crippen molar-refractivity contribution in [3.05, 3.63) is 59.7 Å². The monoisotopic (exact) mass is 505 g/mol. The summed E-state index contributed by atoms with van der Waals surface area (Å²) in [6.07, 6.45) is 1.96. The number of rotatable bonds is 9. The quantitative estimate of drug-likeness (QED) is 0.232. The van der Waals surface area contributed by atoms with Crippen LogP contribution in [0, 0.1) is 0 Å². The Morgan fingerprint density at radius 1 is 1.04 bits per heavy atom. The van der Waals surface area contributed by atoms with E-state index < -0.39 is 6.61 Å². The van der Waals surface area contributed by atoms with Crippen molar-refractivity contribution in [2.75, 3.05) is 20.7 Å². The van der Waals surface area contributed by atoms with E-state index in [4.69, 9.17) is 4.74 Å². The molecule has 0 fully saturated rings. The summed E-state index contributed by atoms with van der Waals surface area (Å²) in [6, 6.07) is 15.2. The lowest BCUT2D eigenvalue weighted by Gasteiger charge is -2.14. The molecule has 0 radical (unpaired) electrons. The number of nitrogens with zero attached hydrogens (tertiary/aromatic N) is 1. The number of nitrogens with one attached hydrogen (secondary N) is 2. The Hall–Kier alpha value is -2.10. The van der Waals surface area contributed by atoms with Gasteiger partial charge in [0.15, 0.2) is 17.5 Å². The van der Waals surface area contributed by atoms with Crippen LogP contribution in [0.3, 0.4) is 0 Å². The first-order valence-corrected chi connectivity index (χ1v) is 8.72. The number of halogens is 3. The van der Waals surface area contributed by atoms with Crippen molar-refractivity contribution >= 4 is 29.9 Å². The molecule has 0 aliphatic carbocycles. The predicted molar refractivity (Wildman–Crippen MR) is 118 cm³/mol. The Morgan fingerprint density at radius 2 is 1.79 bits per heavy atom. The maximum absolute atomic E-state index is 12.5. The second kappa shape index (κ2) is 13.1. The molecule has 0 saturated carbocycles. The van der Waals surface area contributed by atoms with E-state index in [0.717, 1.165) is 24.9 Å². The third kappa shape index (κ3) is 8.28. The van der Waals surface area contributed by atoms with Gasteiger partial charge in [0.1, 0.15) is 0 Å². The molecule has 0 atom stereocenters. The summed E-state index contributed by atoms with van der Waals surface area (Å²) in [5, 5.41) is 6.40. The standard InChI is InChI=1S/C20H25F2N3O2.HI/c1-23-20(24-12-6-9-15-7-4-3-5-8-15)25-14-16-10-11-17(26-2)18(13-16)27-19(21)22;/h3-5,7-8,10-11,13,19H,6,9,12,14H2,1-2H3,(H2,23,24,25);1H. The fourth-order valence-electron chi connectivity index (χ4n) is 2.57. The van der Waals surface area contributed by atoms with E-state index in [1.807, 2.05) is 18.2 Å². The van der Waals surface area contributed by atoms with E-state index >= 15 is 0 Å². The van der Waals surface area contributed by atoms with Crippen LogP contribution in [0.5, 0.6) is 11.5 Å². The van der Waals surface area contributed by atoms with Crippen LogP contribution >= 0.6 is 24.0 Å². The average Bonchev–Trinajstić information content (AvgIpc) is 2.68. The minimum atomic E-state index is -2.90. The van der Waals surface area contributed by atoms with Gasteiger partial charge in [-0.25, -0.2) is 0 Å². The fourth-order valence-corrected chi connectivity index (χ4v) is 2.57. The maximum Gasteiger partial charge on any atom is 0.387 e. The van der Waals surface area contributed by atoms with Crippen LogP contribution in [0.15, 0.2) is 53.5 Å². The first kappa shape index (κ1) is 23.9. The molecule has 5 nitrogen and oxygen atoms in total. The highest BCUT2D eigenvalue weighted by molar-refractivity contribution is 14.0. The van der Waals surface area contributed by atoms with Crippen LogP contribution in [-0.4, -0.2) is 33.3 Å². The van der Waals surface area contributed by atoms with Gasteiger partial charge in [0, 0.05) is 20.1 Å². The molecule has 28 heavy (non-hydrogen) atoms. The molecule has 2 aromatic rings. The highest BCUT2D eigenvalue weighted by atomic mass is 127. The highest BCUT2D eigenvalue weighted by Gasteiger charge is 2.11. The van der Waals surface area contributed by atoms with Gasteiger partial charge in [-0.05, 0) is 36.1 Å². The topological polar surface area (TPSA) is 54.9 Å². The molecule has 154 valence electrons. The minimum absolute atomic E-state index is 0. The summed E-state index contributed by atoms with van der Waals surface area (Å²) < 4.78 is 34.6. The number of aliphatic imine (C=N–C) groups is 1. The van der Waals surface area contributed by atoms with Crippen LogP contribution in [0.2, 0.25) is 0 Å². The lowest BCUT2D eigenvalue weighted by atomic mass is 10.1. The molecule has 0 bridgehead atoms. The van der Waals surface area contributed by atoms with Crippen LogP contribution in [-0.2, 0) is 13.0 Å². The Bertz CT molecular complexity index is 731. The molecule has 8 heteroatoms. The molecule has 0 aliphatic rings. The van der Waals surface area contributed by atoms with E-state index in [0.29, 0.717) is 12.5 Å². The van der Waals surface area contributed by atoms with Crippen molar-refractivity contribution < 1.29 is 18.3 Å². The van der Waals surface area contributed by atoms with Gasteiger partial charge in [-0.15, -0.1) is 24.0 Å². The minimum Gasteiger partial charge on any atom is -0.493 e. The van der Waals surface area contributed by atoms with Gasteiger partial charge < -0.3 is 20.1 Å². The Labute approximate surface area is 181 Å². The van der Waals surface area contributed by atoms with Crippen LogP contribution < -0.4 is 20.1 Å². The zero-order chi connectivity index (χ0) is 19.5. The number of hydrogen-bond acceptors (Lipinski definition) is 3. The molecule has 2 N–H and O–H groups in total. The number of hydrogen-bond donors (Lipinski definition) is 2. The third-order valence-corrected chi connectivity index (χ3v) is 3.91. The van der Waals surface area contributed by atoms with Crippen molar-refractivity contribution in [3.8, 4) is 11.5 Å². The molecule has 0 heterocycles. The summed E-state index contributed by atoms with van der Waals surface area (Å²) in [6.45, 7) is -1.71. The van der Waals surface area contributed by atoms with Crippen LogP contribution in [0.1, 0.15) is 17.5 Å². The second-order valence-electron chi connectivity index (χ2n) is 5.81. The summed E-state index contributed by atoms with van der Waals surface area (Å²) in [4.78, 5) is 4.17. The molecular weight excluding hydrogens is 479 g/mol. The fraction of sp³-hybridized carbons (Fsp3) is 0.350. The first-order valence-electron chi connectivity index (χ1n) is 8.72. The van der Waals surface area contributed by atoms with Crippen molar-refractivity contribution in [1.29, 1.82) is 0 Å². The van der Waals surface area contributed by atoms with Crippen LogP contribution in [0.25, 0.3) is 0 Å². The molecule has 0 spiro atoms. The summed E-state index contributed by atoms with van der Waals surface area (Å²) in [5.41, 5.74) is 2.07. The van der Waals surface area contributed by atoms with E-state index in [-0.39, 0.29) is 35.5 Å². The van der Waals surface area contributed by atoms with Gasteiger partial charge in [-0.2, -0.15) is 8.78 Å². The van der Waals surface area contributed by atoms with Crippen molar-refractivity contribution in [1.82, 2.24) is 10.6 Å². The predicted octanol–water partition coefficient (Wildman–Crippen LogP) is 4.21. The lowest BCUT2D eigenvalue weighted by Crippen LogP contribution is -2.37. The van der Waals surface area contributed by atoms with E-state index in [1.165, 1.54) is 18.7 Å². The average molecular weight is 505 g/mol. The normalized spacial score (nSPS) is 11.0. The van der Waals surface area contributed by atoms with Gasteiger partial charge in [0.2, 0.25) is 0 Å². The molecule has 0 saturated heterocycles. The van der Waals surface area contributed by atoms with Gasteiger partial charge in [0.25, 0.3) is 0 Å². The maximum atomic E-state index is 12.5. The van der Waals surface area contributed by atoms with Gasteiger partial charge >= 0.3 is 6.61 Å². The number of ether oxygens (including phenoxy) is 2. The summed E-state index contributed by atoms with van der Waals surface area (Å²) in [7, 11) is 3.10. The summed E-state index contributed by atoms with van der Waals surface area (Å²) in [5.74, 6) is 0.926. The van der Waals surface area contributed by atoms with Crippen molar-refractivity contribution in [2.24, 2.45) is 4.99 Å². The van der Waals surface area contributed by atoms with E-state index in [1.54, 1.807) is 19.2 Å². The number of alkyl halides is 2. The van der Waals surface area contributed by atoms with E-state index in [2.05, 4.69) is 32.5 Å². The molecular formula is C20H26F2IN3O2. The SMILES string of the molecule is CN=C(NCCCc1ccccc1)NCc1ccc(OC)c(OC(F)F)c1.I. The molecule has 0 amide bonds. The second-order valence-corrected chi connectivity index (χ2v) is 5.81. The zero-order valence-electron chi connectivity index (χ0n) is 16.0. The number of methoxy groups -OCH3 is 1. The molecule has 0 aliphatic heterocycles. The number of benzene rings is 2. The smallest absolute Gasteiger partial charge is 0.387 e. The molecule has 0 aromatic heterocycles. The zero-order valence-corrected chi connectivity index (χ0v) is 18.3. The Morgan fingerprint density at radius 3 is 2.43 bits per heavy atom. The van der Waals surface area contributed by atoms with Gasteiger partial charge in [-0.3, -0.25) is 4.99 Å². The molecule has 2 aromatic carbocycles. The van der Waals surface area contributed by atoms with E-state index in [9.17, 15) is 8.78 Å². The first-order chi connectivity index (χ1) is 13.1. The van der Waals surface area contributed by atoms with Gasteiger partial charge in [0.05, 0.1) is 7.11 Å². The van der Waals surface area contributed by atoms with Crippen molar-refractivity contribution in [3.63, 3.8) is 0 Å². The largest absolute Gasteiger partial charge is 0.493 e. The third-order valence-electron chi connectivity index (χ3n) is 3.91. The van der Waals surface area contributed by atoms with Crippen molar-refractivity contribution in [2.45, 2.75) is 26.0 Å². The highest BCUT2D eigenvalue weighted by Crippen LogP contribution is 2.29. The van der Waals surface area contributed by atoms with Crippen LogP contribution in [0.4, 0.5) is 8.78 Å². The Kier molecular flexibility index (Phi) is 11.2. The lowest BCUT2D eigenvalue weighted by molar-refractivity contribution is -0.0512. The molecule has 2 rings (SSSR count). The Balaban J connectivity index is 0.00000392. The number of aryl methyl sites for hydroxylation is 1. The molecule has 0 unspecified atom stereocenters. The number of guanidine groups is 1. The summed E-state index contributed by atoms with van der Waals surface area (Å²) >= 11 is 0.